The predicted octanol–water partition coefficient (Wildman–Crippen LogP) is 2.61. The minimum atomic E-state index is 0.0452. The lowest BCUT2D eigenvalue weighted by atomic mass is 10.0. The highest BCUT2D eigenvalue weighted by Gasteiger charge is 2.38. The third kappa shape index (κ3) is 2.24. The number of rotatable bonds is 1. The van der Waals surface area contributed by atoms with E-state index in [0.717, 1.165) is 16.6 Å². The van der Waals surface area contributed by atoms with Crippen LogP contribution in [0.25, 0.3) is 0 Å². The van der Waals surface area contributed by atoms with Gasteiger partial charge in [-0.2, -0.15) is 0 Å². The molecule has 4 nitrogen and oxygen atoms in total. The molecule has 3 rings (SSSR count). The van der Waals surface area contributed by atoms with Crippen molar-refractivity contribution in [1.82, 2.24) is 4.98 Å². The number of amidine groups is 1. The van der Waals surface area contributed by atoms with Crippen LogP contribution < -0.4 is 5.32 Å². The quantitative estimate of drug-likeness (QED) is 0.803. The van der Waals surface area contributed by atoms with Gasteiger partial charge >= 0.3 is 0 Å². The molecule has 1 aromatic rings. The Morgan fingerprint density at radius 1 is 1.29 bits per heavy atom. The Balaban J connectivity index is 1.72. The smallest absolute Gasteiger partial charge is 0.210 e. The molecule has 0 atom stereocenters. The summed E-state index contributed by atoms with van der Waals surface area (Å²) in [5, 5.41) is 13.4. The standard InChI is InChI=1S/C12H15N3OS/c16-10-4-3-9(7-13-10)14-11-15-12(8-17-11)5-1-2-6-12/h3-4,7H,1-2,5-6,8H2,(H,13,16)(H,14,15). The first-order chi connectivity index (χ1) is 8.26. The summed E-state index contributed by atoms with van der Waals surface area (Å²) in [6.07, 6.45) is 6.67. The van der Waals surface area contributed by atoms with E-state index in [0.29, 0.717) is 0 Å². The molecule has 2 aliphatic rings. The van der Waals surface area contributed by atoms with E-state index < -0.39 is 0 Å². The lowest BCUT2D eigenvalue weighted by Gasteiger charge is -2.16. The van der Waals surface area contributed by atoms with Gasteiger partial charge in [-0.05, 0) is 18.9 Å². The van der Waals surface area contributed by atoms with E-state index in [1.165, 1.54) is 25.7 Å². The Kier molecular flexibility index (Phi) is 2.70. The molecule has 1 aliphatic heterocycles. The van der Waals surface area contributed by atoms with E-state index in [9.17, 15) is 0 Å². The number of hydrogen-bond donors (Lipinski definition) is 2. The molecule has 1 saturated carbocycles. The number of nitrogens with one attached hydrogen (secondary N) is 1. The van der Waals surface area contributed by atoms with Crippen LogP contribution in [0.2, 0.25) is 0 Å². The molecule has 1 aromatic heterocycles. The maximum absolute atomic E-state index is 9.11. The third-order valence-electron chi connectivity index (χ3n) is 3.35. The fourth-order valence-corrected chi connectivity index (χ4v) is 3.63. The summed E-state index contributed by atoms with van der Waals surface area (Å²) in [7, 11) is 0. The fourth-order valence-electron chi connectivity index (χ4n) is 2.42. The molecule has 0 bridgehead atoms. The summed E-state index contributed by atoms with van der Waals surface area (Å²) in [4.78, 5) is 8.65. The lowest BCUT2D eigenvalue weighted by molar-refractivity contribution is 0.453. The molecule has 0 unspecified atom stereocenters. The van der Waals surface area contributed by atoms with Gasteiger partial charge < -0.3 is 10.4 Å². The molecule has 1 fully saturated rings. The monoisotopic (exact) mass is 249 g/mol. The molecule has 90 valence electrons. The van der Waals surface area contributed by atoms with E-state index in [-0.39, 0.29) is 11.4 Å². The van der Waals surface area contributed by atoms with Crippen LogP contribution in [0.1, 0.15) is 25.7 Å². The van der Waals surface area contributed by atoms with Gasteiger partial charge in [0.2, 0.25) is 5.88 Å². The second kappa shape index (κ2) is 4.22. The van der Waals surface area contributed by atoms with Crippen LogP contribution in [0.3, 0.4) is 0 Å². The van der Waals surface area contributed by atoms with Crippen molar-refractivity contribution < 1.29 is 5.11 Å². The molecule has 0 amide bonds. The molecular formula is C12H15N3OS. The molecule has 1 spiro atoms. The zero-order valence-electron chi connectivity index (χ0n) is 9.52. The molecule has 1 aliphatic carbocycles. The molecule has 5 heteroatoms. The number of thioether (sulfide) groups is 1. The summed E-state index contributed by atoms with van der Waals surface area (Å²) in [6.45, 7) is 0. The molecule has 2 N–H and O–H groups in total. The van der Waals surface area contributed by atoms with Gasteiger partial charge in [0.25, 0.3) is 0 Å². The lowest BCUT2D eigenvalue weighted by Crippen LogP contribution is -2.21. The van der Waals surface area contributed by atoms with Gasteiger partial charge in [0.05, 0.1) is 17.4 Å². The van der Waals surface area contributed by atoms with Crippen LogP contribution in [0, 0.1) is 0 Å². The second-order valence-electron chi connectivity index (χ2n) is 4.67. The molecule has 2 heterocycles. The minimum absolute atomic E-state index is 0.0452. The highest BCUT2D eigenvalue weighted by Crippen LogP contribution is 2.41. The third-order valence-corrected chi connectivity index (χ3v) is 4.50. The van der Waals surface area contributed by atoms with Crippen LogP contribution in [-0.2, 0) is 0 Å². The zero-order chi connectivity index (χ0) is 11.7. The van der Waals surface area contributed by atoms with Gasteiger partial charge in [-0.3, -0.25) is 4.99 Å². The van der Waals surface area contributed by atoms with Crippen molar-refractivity contribution in [3.8, 4) is 5.88 Å². The van der Waals surface area contributed by atoms with E-state index in [4.69, 9.17) is 10.1 Å². The maximum Gasteiger partial charge on any atom is 0.210 e. The summed E-state index contributed by atoms with van der Waals surface area (Å²) >= 11 is 1.79. The Morgan fingerprint density at radius 2 is 2.12 bits per heavy atom. The van der Waals surface area contributed by atoms with Crippen LogP contribution in [0.15, 0.2) is 23.3 Å². The SMILES string of the molecule is Oc1ccc(NC2=NC3(CCCC3)CS2)cn1. The second-order valence-corrected chi connectivity index (χ2v) is 5.63. The summed E-state index contributed by atoms with van der Waals surface area (Å²) in [5.74, 6) is 1.14. The number of aromatic hydroxyl groups is 1. The van der Waals surface area contributed by atoms with Crippen molar-refractivity contribution in [1.29, 1.82) is 0 Å². The van der Waals surface area contributed by atoms with Crippen LogP contribution >= 0.6 is 11.8 Å². The largest absolute Gasteiger partial charge is 0.493 e. The molecule has 17 heavy (non-hydrogen) atoms. The van der Waals surface area contributed by atoms with Crippen LogP contribution in [0.4, 0.5) is 5.69 Å². The summed E-state index contributed by atoms with van der Waals surface area (Å²) < 4.78 is 0. The average molecular weight is 249 g/mol. The molecular weight excluding hydrogens is 234 g/mol. The Hall–Kier alpha value is -1.23. The number of anilines is 1. The predicted molar refractivity (Wildman–Crippen MR) is 70.6 cm³/mol. The van der Waals surface area contributed by atoms with Crippen molar-refractivity contribution in [2.45, 2.75) is 31.2 Å². The van der Waals surface area contributed by atoms with Crippen molar-refractivity contribution in [3.63, 3.8) is 0 Å². The topological polar surface area (TPSA) is 57.5 Å². The van der Waals surface area contributed by atoms with Gasteiger partial charge in [0.15, 0.2) is 5.17 Å². The van der Waals surface area contributed by atoms with Crippen molar-refractivity contribution in [3.05, 3.63) is 18.3 Å². The molecule has 0 radical (unpaired) electrons. The van der Waals surface area contributed by atoms with E-state index in [1.54, 1.807) is 24.0 Å². The number of pyridine rings is 1. The normalized spacial score (nSPS) is 21.8. The van der Waals surface area contributed by atoms with Gasteiger partial charge in [-0.25, -0.2) is 4.98 Å². The van der Waals surface area contributed by atoms with Crippen molar-refractivity contribution in [2.75, 3.05) is 11.1 Å². The number of nitrogens with zero attached hydrogens (tertiary/aromatic N) is 2. The first-order valence-corrected chi connectivity index (χ1v) is 6.89. The Labute approximate surface area is 105 Å². The Morgan fingerprint density at radius 3 is 2.82 bits per heavy atom. The van der Waals surface area contributed by atoms with Gasteiger partial charge in [0, 0.05) is 11.8 Å². The van der Waals surface area contributed by atoms with Gasteiger partial charge in [-0.1, -0.05) is 24.6 Å². The summed E-state index contributed by atoms with van der Waals surface area (Å²) in [5.41, 5.74) is 1.08. The van der Waals surface area contributed by atoms with Crippen molar-refractivity contribution >= 4 is 22.6 Å². The van der Waals surface area contributed by atoms with Crippen molar-refractivity contribution in [2.24, 2.45) is 4.99 Å². The number of aliphatic imine (C=N–C) groups is 1. The zero-order valence-corrected chi connectivity index (χ0v) is 10.3. The Bertz CT molecular complexity index is 438. The van der Waals surface area contributed by atoms with E-state index in [1.807, 2.05) is 6.07 Å². The van der Waals surface area contributed by atoms with E-state index >= 15 is 0 Å². The highest BCUT2D eigenvalue weighted by molar-refractivity contribution is 8.14. The maximum atomic E-state index is 9.11. The van der Waals surface area contributed by atoms with Crippen LogP contribution in [0.5, 0.6) is 5.88 Å². The van der Waals surface area contributed by atoms with Gasteiger partial charge in [-0.15, -0.1) is 0 Å². The van der Waals surface area contributed by atoms with E-state index in [2.05, 4.69) is 10.3 Å². The van der Waals surface area contributed by atoms with Crippen LogP contribution in [-0.4, -0.2) is 26.5 Å². The summed E-state index contributed by atoms with van der Waals surface area (Å²) in [6, 6.07) is 3.39. The van der Waals surface area contributed by atoms with Gasteiger partial charge in [0.1, 0.15) is 0 Å². The molecule has 0 aromatic carbocycles. The fraction of sp³-hybridized carbons (Fsp3) is 0.500. The minimum Gasteiger partial charge on any atom is -0.493 e. The first-order valence-electron chi connectivity index (χ1n) is 5.91. The first kappa shape index (κ1) is 10.9. The molecule has 0 saturated heterocycles. The average Bonchev–Trinajstić information content (AvgIpc) is 2.94. The number of hydrogen-bond acceptors (Lipinski definition) is 5. The number of aromatic nitrogens is 1. The highest BCUT2D eigenvalue weighted by atomic mass is 32.2.